The zero-order valence-electron chi connectivity index (χ0n) is 10.5. The summed E-state index contributed by atoms with van der Waals surface area (Å²) in [6.07, 6.45) is 5.46. The molecule has 3 heteroatoms. The summed E-state index contributed by atoms with van der Waals surface area (Å²) < 4.78 is 0. The first-order valence-corrected chi connectivity index (χ1v) is 6.41. The second kappa shape index (κ2) is 5.41. The summed E-state index contributed by atoms with van der Waals surface area (Å²) in [5, 5.41) is 9.76. The molecule has 2 rings (SSSR count). The zero-order chi connectivity index (χ0) is 12.3. The fraction of sp³-hybridized carbons (Fsp3) is 0.571. The summed E-state index contributed by atoms with van der Waals surface area (Å²) in [7, 11) is 2.11. The molecule has 94 valence electrons. The molecule has 0 spiro atoms. The van der Waals surface area contributed by atoms with Gasteiger partial charge in [0, 0.05) is 24.3 Å². The van der Waals surface area contributed by atoms with E-state index in [0.29, 0.717) is 11.4 Å². The third-order valence-corrected chi connectivity index (χ3v) is 3.59. The number of anilines is 1. The van der Waals surface area contributed by atoms with Gasteiger partial charge in [-0.1, -0.05) is 12.8 Å². The zero-order valence-corrected chi connectivity index (χ0v) is 10.5. The third kappa shape index (κ3) is 3.37. The number of phenolic OH excluding ortho intramolecular Hbond substituents is 1. The Morgan fingerprint density at radius 2 is 2.06 bits per heavy atom. The van der Waals surface area contributed by atoms with E-state index < -0.39 is 0 Å². The van der Waals surface area contributed by atoms with Crippen LogP contribution >= 0.6 is 0 Å². The average Bonchev–Trinajstić information content (AvgIpc) is 2.76. The fourth-order valence-electron chi connectivity index (χ4n) is 2.72. The molecule has 1 aromatic carbocycles. The normalized spacial score (nSPS) is 16.8. The lowest BCUT2D eigenvalue weighted by molar-refractivity contribution is 0.268. The first kappa shape index (κ1) is 12.2. The molecule has 1 aliphatic rings. The molecule has 0 bridgehead atoms. The molecule has 0 heterocycles. The standard InChI is InChI=1S/C14H22N2O/c1-16(9-11-4-2-3-5-11)10-12-8-13(15)6-7-14(12)17/h6-8,11,17H,2-5,9-10,15H2,1H3. The lowest BCUT2D eigenvalue weighted by atomic mass is 10.1. The lowest BCUT2D eigenvalue weighted by Crippen LogP contribution is -2.24. The minimum Gasteiger partial charge on any atom is -0.508 e. The van der Waals surface area contributed by atoms with Crippen molar-refractivity contribution in [3.8, 4) is 5.75 Å². The summed E-state index contributed by atoms with van der Waals surface area (Å²) in [6, 6.07) is 5.27. The van der Waals surface area contributed by atoms with Crippen LogP contribution in [0.25, 0.3) is 0 Å². The van der Waals surface area contributed by atoms with E-state index in [1.165, 1.54) is 25.7 Å². The summed E-state index contributed by atoms with van der Waals surface area (Å²) in [5.41, 5.74) is 7.37. The Hall–Kier alpha value is -1.22. The van der Waals surface area contributed by atoms with E-state index in [0.717, 1.165) is 24.6 Å². The van der Waals surface area contributed by atoms with Gasteiger partial charge < -0.3 is 15.7 Å². The molecule has 0 saturated heterocycles. The predicted octanol–water partition coefficient (Wildman–Crippen LogP) is 2.60. The van der Waals surface area contributed by atoms with Crippen LogP contribution in [-0.4, -0.2) is 23.6 Å². The number of rotatable bonds is 4. The van der Waals surface area contributed by atoms with Crippen LogP contribution < -0.4 is 5.73 Å². The monoisotopic (exact) mass is 234 g/mol. The van der Waals surface area contributed by atoms with E-state index in [1.54, 1.807) is 12.1 Å². The van der Waals surface area contributed by atoms with Gasteiger partial charge in [0.2, 0.25) is 0 Å². The van der Waals surface area contributed by atoms with Crippen molar-refractivity contribution in [2.45, 2.75) is 32.2 Å². The lowest BCUT2D eigenvalue weighted by Gasteiger charge is -2.21. The Labute approximate surface area is 103 Å². The quantitative estimate of drug-likeness (QED) is 0.622. The molecular formula is C14H22N2O. The number of hydrogen-bond donors (Lipinski definition) is 2. The van der Waals surface area contributed by atoms with Crippen molar-refractivity contribution in [3.05, 3.63) is 23.8 Å². The Morgan fingerprint density at radius 1 is 1.35 bits per heavy atom. The second-order valence-corrected chi connectivity index (χ2v) is 5.24. The summed E-state index contributed by atoms with van der Waals surface area (Å²) in [6.45, 7) is 1.89. The van der Waals surface area contributed by atoms with Crippen molar-refractivity contribution in [1.82, 2.24) is 4.90 Å². The number of aromatic hydroxyl groups is 1. The molecule has 1 fully saturated rings. The smallest absolute Gasteiger partial charge is 0.120 e. The van der Waals surface area contributed by atoms with E-state index in [4.69, 9.17) is 5.73 Å². The summed E-state index contributed by atoms with van der Waals surface area (Å²) >= 11 is 0. The van der Waals surface area contributed by atoms with Crippen LogP contribution in [0.4, 0.5) is 5.69 Å². The molecule has 3 N–H and O–H groups in total. The van der Waals surface area contributed by atoms with E-state index >= 15 is 0 Å². The van der Waals surface area contributed by atoms with Gasteiger partial charge in [0.15, 0.2) is 0 Å². The summed E-state index contributed by atoms with van der Waals surface area (Å²) in [5.74, 6) is 1.18. The molecular weight excluding hydrogens is 212 g/mol. The van der Waals surface area contributed by atoms with Gasteiger partial charge in [0.05, 0.1) is 0 Å². The molecule has 1 saturated carbocycles. The van der Waals surface area contributed by atoms with Crippen molar-refractivity contribution in [3.63, 3.8) is 0 Å². The second-order valence-electron chi connectivity index (χ2n) is 5.24. The highest BCUT2D eigenvalue weighted by Gasteiger charge is 2.17. The Morgan fingerprint density at radius 3 is 2.76 bits per heavy atom. The van der Waals surface area contributed by atoms with Gasteiger partial charge in [-0.2, -0.15) is 0 Å². The largest absolute Gasteiger partial charge is 0.508 e. The third-order valence-electron chi connectivity index (χ3n) is 3.59. The number of phenols is 1. The van der Waals surface area contributed by atoms with Crippen molar-refractivity contribution in [2.75, 3.05) is 19.3 Å². The highest BCUT2D eigenvalue weighted by Crippen LogP contribution is 2.26. The minimum atomic E-state index is 0.345. The number of nitrogens with two attached hydrogens (primary N) is 1. The van der Waals surface area contributed by atoms with Crippen LogP contribution in [-0.2, 0) is 6.54 Å². The van der Waals surface area contributed by atoms with E-state index in [1.807, 2.05) is 6.07 Å². The number of nitrogen functional groups attached to an aromatic ring is 1. The van der Waals surface area contributed by atoms with E-state index in [2.05, 4.69) is 11.9 Å². The van der Waals surface area contributed by atoms with Gasteiger partial charge in [0.1, 0.15) is 5.75 Å². The van der Waals surface area contributed by atoms with Crippen LogP contribution in [0.2, 0.25) is 0 Å². The van der Waals surface area contributed by atoms with E-state index in [9.17, 15) is 5.11 Å². The van der Waals surface area contributed by atoms with Gasteiger partial charge in [-0.15, -0.1) is 0 Å². The van der Waals surface area contributed by atoms with Gasteiger partial charge >= 0.3 is 0 Å². The van der Waals surface area contributed by atoms with Gasteiger partial charge in [0.25, 0.3) is 0 Å². The topological polar surface area (TPSA) is 49.5 Å². The van der Waals surface area contributed by atoms with Crippen LogP contribution in [0.5, 0.6) is 5.75 Å². The highest BCUT2D eigenvalue weighted by atomic mass is 16.3. The predicted molar refractivity (Wildman–Crippen MR) is 70.8 cm³/mol. The SMILES string of the molecule is CN(Cc1cc(N)ccc1O)CC1CCCC1. The van der Waals surface area contributed by atoms with Crippen molar-refractivity contribution < 1.29 is 5.11 Å². The highest BCUT2D eigenvalue weighted by molar-refractivity contribution is 5.47. The van der Waals surface area contributed by atoms with E-state index in [-0.39, 0.29) is 0 Å². The molecule has 0 aromatic heterocycles. The maximum absolute atomic E-state index is 9.76. The van der Waals surface area contributed by atoms with Gasteiger partial charge in [-0.05, 0) is 44.0 Å². The molecule has 0 amide bonds. The maximum Gasteiger partial charge on any atom is 0.120 e. The fourth-order valence-corrected chi connectivity index (χ4v) is 2.72. The Balaban J connectivity index is 1.92. The summed E-state index contributed by atoms with van der Waals surface area (Å²) in [4.78, 5) is 2.28. The van der Waals surface area contributed by atoms with Crippen LogP contribution in [0.15, 0.2) is 18.2 Å². The van der Waals surface area contributed by atoms with Crippen molar-refractivity contribution in [2.24, 2.45) is 5.92 Å². The molecule has 17 heavy (non-hydrogen) atoms. The molecule has 0 radical (unpaired) electrons. The van der Waals surface area contributed by atoms with Crippen molar-refractivity contribution in [1.29, 1.82) is 0 Å². The Bertz CT molecular complexity index is 372. The number of hydrogen-bond acceptors (Lipinski definition) is 3. The van der Waals surface area contributed by atoms with Crippen LogP contribution in [0, 0.1) is 5.92 Å². The van der Waals surface area contributed by atoms with Crippen molar-refractivity contribution >= 4 is 5.69 Å². The first-order valence-electron chi connectivity index (χ1n) is 6.41. The number of nitrogens with zero attached hydrogens (tertiary/aromatic N) is 1. The van der Waals surface area contributed by atoms with Crippen LogP contribution in [0.3, 0.4) is 0 Å². The molecule has 0 atom stereocenters. The Kier molecular flexibility index (Phi) is 3.89. The van der Waals surface area contributed by atoms with Crippen LogP contribution in [0.1, 0.15) is 31.2 Å². The first-order chi connectivity index (χ1) is 8.15. The maximum atomic E-state index is 9.76. The van der Waals surface area contributed by atoms with Gasteiger partial charge in [-0.25, -0.2) is 0 Å². The number of benzene rings is 1. The molecule has 1 aliphatic carbocycles. The molecule has 0 aliphatic heterocycles. The minimum absolute atomic E-state index is 0.345. The molecule has 3 nitrogen and oxygen atoms in total. The molecule has 0 unspecified atom stereocenters. The average molecular weight is 234 g/mol. The molecule has 1 aromatic rings. The van der Waals surface area contributed by atoms with Gasteiger partial charge in [-0.3, -0.25) is 0 Å².